The van der Waals surface area contributed by atoms with Gasteiger partial charge in [0.2, 0.25) is 0 Å². The predicted molar refractivity (Wildman–Crippen MR) is 105 cm³/mol. The lowest BCUT2D eigenvalue weighted by atomic mass is 11.8. The van der Waals surface area contributed by atoms with Gasteiger partial charge < -0.3 is 40.4 Å². The number of halogens is 4. The van der Waals surface area contributed by atoms with E-state index < -0.39 is 32.9 Å². The van der Waals surface area contributed by atoms with Crippen molar-refractivity contribution in [3.63, 3.8) is 0 Å². The SMILES string of the molecule is C[Si](C)(C)[NH3+].C[Si](C)(C)[NH3+].C[Si](C)(C)[NH3+].C[Si](C)(C)[NH3+].[F-].[F-].[F-].[F-]. The minimum atomic E-state index is -0.861. The molecule has 0 aromatic rings. The molecular weight excluding hydrogens is 388 g/mol. The van der Waals surface area contributed by atoms with E-state index in [1.54, 1.807) is 0 Å². The molecule has 12 heteroatoms. The van der Waals surface area contributed by atoms with Crippen molar-refractivity contribution in [2.24, 2.45) is 0 Å². The van der Waals surface area contributed by atoms with Crippen molar-refractivity contribution in [2.75, 3.05) is 0 Å². The van der Waals surface area contributed by atoms with Gasteiger partial charge in [0, 0.05) is 0 Å². The second-order valence-electron chi connectivity index (χ2n) is 10.2. The Morgan fingerprint density at radius 3 is 0.292 bits per heavy atom. The van der Waals surface area contributed by atoms with Gasteiger partial charge in [0.1, 0.15) is 0 Å². The van der Waals surface area contributed by atoms with Gasteiger partial charge in [0.25, 0.3) is 32.9 Å². The summed E-state index contributed by atoms with van der Waals surface area (Å²) in [6.07, 6.45) is 0. The Labute approximate surface area is 152 Å². The van der Waals surface area contributed by atoms with Gasteiger partial charge in [-0.2, -0.15) is 0 Å². The molecule has 0 rings (SSSR count). The van der Waals surface area contributed by atoms with Crippen molar-refractivity contribution in [1.82, 2.24) is 0 Å². The van der Waals surface area contributed by atoms with Crippen LogP contribution in [0, 0.1) is 0 Å². The summed E-state index contributed by atoms with van der Waals surface area (Å²) in [6.45, 7) is 26.6. The fourth-order valence-electron chi connectivity index (χ4n) is 0. The summed E-state index contributed by atoms with van der Waals surface area (Å²) >= 11 is 0. The molecule has 0 aliphatic heterocycles. The van der Waals surface area contributed by atoms with E-state index in [2.05, 4.69) is 100 Å². The van der Waals surface area contributed by atoms with E-state index in [0.717, 1.165) is 0 Å². The third-order valence-corrected chi connectivity index (χ3v) is 0. The lowest BCUT2D eigenvalue weighted by Crippen LogP contribution is -3.00. The van der Waals surface area contributed by atoms with Gasteiger partial charge in [-0.3, -0.25) is 0 Å². The Hall–Kier alpha value is 0.428. The maximum Gasteiger partial charge on any atom is 0.271 e. The van der Waals surface area contributed by atoms with Crippen LogP contribution in [0.25, 0.3) is 0 Å². The lowest BCUT2D eigenvalue weighted by molar-refractivity contribution is -0.204. The van der Waals surface area contributed by atoms with Gasteiger partial charge in [0.15, 0.2) is 0 Å². The molecule has 0 heterocycles. The van der Waals surface area contributed by atoms with Crippen LogP contribution in [0.4, 0.5) is 0 Å². The third-order valence-electron chi connectivity index (χ3n) is 0. The first-order chi connectivity index (χ1) is 8.00. The molecule has 0 amide bonds. The van der Waals surface area contributed by atoms with Crippen molar-refractivity contribution >= 4 is 32.9 Å². The van der Waals surface area contributed by atoms with Gasteiger partial charge in [-0.15, -0.1) is 0 Å². The zero-order valence-corrected chi connectivity index (χ0v) is 22.3. The van der Waals surface area contributed by atoms with Gasteiger partial charge >= 0.3 is 0 Å². The van der Waals surface area contributed by atoms with Crippen molar-refractivity contribution in [3.8, 4) is 0 Å². The van der Waals surface area contributed by atoms with Crippen LogP contribution in [-0.2, 0) is 0 Å². The molecule has 0 unspecified atom stereocenters. The zero-order chi connectivity index (χ0) is 18.0. The highest BCUT2D eigenvalue weighted by atomic mass is 28.3. The molecule has 12 N–H and O–H groups in total. The number of hydrogen-bond donors (Lipinski definition) is 4. The van der Waals surface area contributed by atoms with Crippen LogP contribution in [0.1, 0.15) is 0 Å². The number of quaternary nitrogens is 4. The fraction of sp³-hybridized carbons (Fsp3) is 1.00. The summed E-state index contributed by atoms with van der Waals surface area (Å²) in [5, 5.41) is 15.6. The summed E-state index contributed by atoms with van der Waals surface area (Å²) in [4.78, 5) is 0. The lowest BCUT2D eigenvalue weighted by Gasteiger charge is -1.94. The van der Waals surface area contributed by atoms with E-state index in [0.29, 0.717) is 0 Å². The molecule has 160 valence electrons. The Morgan fingerprint density at radius 1 is 0.292 bits per heavy atom. The Morgan fingerprint density at radius 2 is 0.292 bits per heavy atom. The summed E-state index contributed by atoms with van der Waals surface area (Å²) in [5.41, 5.74) is 0. The normalized spacial score (nSPS) is 10.0. The Balaban J connectivity index is -0.0000000225. The molecule has 0 aliphatic carbocycles. The van der Waals surface area contributed by atoms with E-state index in [1.807, 2.05) is 0 Å². The number of hydrogen-bond acceptors (Lipinski definition) is 0. The minimum Gasteiger partial charge on any atom is -1.00 e. The molecule has 0 fully saturated rings. The average molecular weight is 437 g/mol. The first kappa shape index (κ1) is 49.7. The molecule has 0 aliphatic rings. The number of rotatable bonds is 0. The molecule has 0 atom stereocenters. The molecule has 0 saturated carbocycles. The molecular formula is C12H48F4N4Si4. The van der Waals surface area contributed by atoms with Crippen LogP contribution in [0.3, 0.4) is 0 Å². The topological polar surface area (TPSA) is 111 Å². The van der Waals surface area contributed by atoms with Crippen molar-refractivity contribution in [1.29, 1.82) is 0 Å². The monoisotopic (exact) mass is 436 g/mol. The highest BCUT2D eigenvalue weighted by Gasteiger charge is 2.11. The molecule has 0 bridgehead atoms. The predicted octanol–water partition coefficient (Wildman–Crippen LogP) is -11.7. The van der Waals surface area contributed by atoms with E-state index in [4.69, 9.17) is 0 Å². The molecule has 24 heavy (non-hydrogen) atoms. The largest absolute Gasteiger partial charge is 1.00 e. The quantitative estimate of drug-likeness (QED) is 0.214. The molecule has 0 aromatic carbocycles. The van der Waals surface area contributed by atoms with Crippen LogP contribution in [0.15, 0.2) is 0 Å². The second kappa shape index (κ2) is 19.7. The van der Waals surface area contributed by atoms with E-state index in [9.17, 15) is 0 Å². The van der Waals surface area contributed by atoms with Crippen LogP contribution in [0.5, 0.6) is 0 Å². The van der Waals surface area contributed by atoms with E-state index in [1.165, 1.54) is 0 Å². The van der Waals surface area contributed by atoms with Gasteiger partial charge in [0.05, 0.1) is 0 Å². The van der Waals surface area contributed by atoms with Crippen LogP contribution < -0.4 is 40.4 Å². The first-order valence-electron chi connectivity index (χ1n) is 7.41. The highest BCUT2D eigenvalue weighted by molar-refractivity contribution is 6.67. The van der Waals surface area contributed by atoms with Crippen LogP contribution in [-0.4, -0.2) is 32.9 Å². The highest BCUT2D eigenvalue weighted by Crippen LogP contribution is 1.81. The smallest absolute Gasteiger partial charge is 0.271 e. The summed E-state index contributed by atoms with van der Waals surface area (Å²) in [5.74, 6) is 0. The van der Waals surface area contributed by atoms with Crippen molar-refractivity contribution in [3.05, 3.63) is 0 Å². The van der Waals surface area contributed by atoms with Crippen LogP contribution in [0.2, 0.25) is 78.6 Å². The zero-order valence-electron chi connectivity index (χ0n) is 18.3. The second-order valence-corrected chi connectivity index (χ2v) is 30.7. The Kier molecular flexibility index (Phi) is 40.9. The molecule has 0 radical (unpaired) electrons. The fourth-order valence-corrected chi connectivity index (χ4v) is 0. The maximum atomic E-state index is 3.91. The first-order valence-corrected chi connectivity index (χ1v) is 22.2. The summed E-state index contributed by atoms with van der Waals surface area (Å²) in [7, 11) is -3.44. The summed E-state index contributed by atoms with van der Waals surface area (Å²) < 4.78 is 0. The Bertz CT molecular complexity index is 153. The van der Waals surface area contributed by atoms with Crippen molar-refractivity contribution < 1.29 is 40.4 Å². The third kappa shape index (κ3) is 56300. The van der Waals surface area contributed by atoms with Gasteiger partial charge in [-0.1, -0.05) is 0 Å². The average Bonchev–Trinajstić information content (AvgIpc) is 1.62. The van der Waals surface area contributed by atoms with Crippen molar-refractivity contribution in [2.45, 2.75) is 78.6 Å². The molecule has 0 aromatic heterocycles. The molecule has 0 saturated heterocycles. The van der Waals surface area contributed by atoms with E-state index in [-0.39, 0.29) is 18.8 Å². The van der Waals surface area contributed by atoms with Gasteiger partial charge in [-0.25, -0.2) is 0 Å². The molecule has 0 spiro atoms. The van der Waals surface area contributed by atoms with Gasteiger partial charge in [-0.05, 0) is 78.6 Å². The maximum absolute atomic E-state index is 3.91. The summed E-state index contributed by atoms with van der Waals surface area (Å²) in [6, 6.07) is 0. The minimum absolute atomic E-state index is 0. The molecule has 4 nitrogen and oxygen atoms in total. The standard InChI is InChI=1S/4C3H12NSi.4FH/c4*1-5(2,3)4;;;;/h4*1-4H3;4*1H/q4*+1;;;;/p-4. The van der Waals surface area contributed by atoms with Crippen LogP contribution >= 0.6 is 0 Å². The van der Waals surface area contributed by atoms with E-state index >= 15 is 0 Å².